The number of fused-ring (bicyclic) bond motifs is 1. The van der Waals surface area contributed by atoms with Crippen LogP contribution in [-0.2, 0) is 11.3 Å². The average molecular weight is 434 g/mol. The molecule has 0 aliphatic carbocycles. The molecular formula is C24H26N4O4. The molecule has 32 heavy (non-hydrogen) atoms. The Hall–Kier alpha value is -3.78. The highest BCUT2D eigenvalue weighted by atomic mass is 16.5. The minimum atomic E-state index is -0.631. The van der Waals surface area contributed by atoms with Crippen LogP contribution in [0.1, 0.15) is 47.2 Å². The first-order chi connectivity index (χ1) is 15.2. The summed E-state index contributed by atoms with van der Waals surface area (Å²) in [5.41, 5.74) is 2.40. The van der Waals surface area contributed by atoms with Gasteiger partial charge in [-0.3, -0.25) is 24.6 Å². The molecule has 0 fully saturated rings. The molecule has 0 saturated carbocycles. The van der Waals surface area contributed by atoms with Gasteiger partial charge in [0.05, 0.1) is 0 Å². The molecule has 3 amide bonds. The average Bonchev–Trinajstić information content (AvgIpc) is 2.76. The van der Waals surface area contributed by atoms with Crippen LogP contribution in [0.2, 0.25) is 0 Å². The van der Waals surface area contributed by atoms with Crippen molar-refractivity contribution in [1.82, 2.24) is 20.7 Å². The summed E-state index contributed by atoms with van der Waals surface area (Å²) in [5.74, 6) is -1.29. The lowest BCUT2D eigenvalue weighted by Gasteiger charge is -2.26. The van der Waals surface area contributed by atoms with E-state index in [1.807, 2.05) is 51.1 Å². The standard InChI is InChI=1S/C24H26N4O4/c1-24(2,3)26-20(29)15-28(14-16-8-10-18(11-9-16)22(30)27-32)23(31)21-19-7-5-4-6-17(19)12-13-25-21/h4-13,32H,14-15H2,1-3H3,(H,26,29)(H,27,30). The number of pyridine rings is 1. The van der Waals surface area contributed by atoms with E-state index in [0.29, 0.717) is 5.39 Å². The number of carbonyl (C=O) groups excluding carboxylic acids is 3. The van der Waals surface area contributed by atoms with E-state index in [1.54, 1.807) is 23.8 Å². The molecule has 0 aliphatic heterocycles. The summed E-state index contributed by atoms with van der Waals surface area (Å²) in [4.78, 5) is 43.4. The fraction of sp³-hybridized carbons (Fsp3) is 0.250. The van der Waals surface area contributed by atoms with Gasteiger partial charge >= 0.3 is 0 Å². The second-order valence-electron chi connectivity index (χ2n) is 8.48. The lowest BCUT2D eigenvalue weighted by atomic mass is 10.1. The van der Waals surface area contributed by atoms with Gasteiger partial charge in [0.1, 0.15) is 12.2 Å². The van der Waals surface area contributed by atoms with Gasteiger partial charge in [0.2, 0.25) is 5.91 Å². The van der Waals surface area contributed by atoms with E-state index in [4.69, 9.17) is 5.21 Å². The highest BCUT2D eigenvalue weighted by Gasteiger charge is 2.24. The van der Waals surface area contributed by atoms with E-state index in [1.165, 1.54) is 17.0 Å². The predicted molar refractivity (Wildman–Crippen MR) is 120 cm³/mol. The zero-order valence-electron chi connectivity index (χ0n) is 18.3. The van der Waals surface area contributed by atoms with Crippen LogP contribution in [0, 0.1) is 0 Å². The van der Waals surface area contributed by atoms with Crippen molar-refractivity contribution in [3.8, 4) is 0 Å². The zero-order chi connectivity index (χ0) is 23.3. The molecule has 8 heteroatoms. The summed E-state index contributed by atoms with van der Waals surface area (Å²) in [7, 11) is 0. The summed E-state index contributed by atoms with van der Waals surface area (Å²) in [6, 6.07) is 15.7. The molecule has 8 nitrogen and oxygen atoms in total. The van der Waals surface area contributed by atoms with E-state index >= 15 is 0 Å². The topological polar surface area (TPSA) is 112 Å². The SMILES string of the molecule is CC(C)(C)NC(=O)CN(Cc1ccc(C(=O)NO)cc1)C(=O)c1nccc2ccccc12. The van der Waals surface area contributed by atoms with Crippen molar-refractivity contribution in [2.45, 2.75) is 32.9 Å². The smallest absolute Gasteiger partial charge is 0.274 e. The van der Waals surface area contributed by atoms with Gasteiger partial charge in [-0.25, -0.2) is 5.48 Å². The third kappa shape index (κ3) is 5.67. The maximum absolute atomic E-state index is 13.5. The maximum atomic E-state index is 13.5. The van der Waals surface area contributed by atoms with Crippen LogP contribution in [0.4, 0.5) is 0 Å². The Labute approximate surface area is 186 Å². The number of rotatable bonds is 6. The quantitative estimate of drug-likeness (QED) is 0.408. The third-order valence-corrected chi connectivity index (χ3v) is 4.70. The van der Waals surface area contributed by atoms with E-state index < -0.39 is 11.4 Å². The number of hydroxylamine groups is 1. The van der Waals surface area contributed by atoms with Gasteiger partial charge in [0, 0.05) is 29.2 Å². The molecule has 0 saturated heterocycles. The molecule has 0 unspecified atom stereocenters. The van der Waals surface area contributed by atoms with Gasteiger partial charge in [0.25, 0.3) is 11.8 Å². The third-order valence-electron chi connectivity index (χ3n) is 4.70. The van der Waals surface area contributed by atoms with Gasteiger partial charge in [-0.05, 0) is 49.9 Å². The van der Waals surface area contributed by atoms with Crippen LogP contribution in [0.5, 0.6) is 0 Å². The van der Waals surface area contributed by atoms with Gasteiger partial charge in [0.15, 0.2) is 0 Å². The monoisotopic (exact) mass is 434 g/mol. The highest BCUT2D eigenvalue weighted by molar-refractivity contribution is 6.06. The Morgan fingerprint density at radius 3 is 2.34 bits per heavy atom. The van der Waals surface area contributed by atoms with Crippen LogP contribution in [-0.4, -0.2) is 44.9 Å². The normalized spacial score (nSPS) is 11.1. The van der Waals surface area contributed by atoms with Crippen LogP contribution < -0.4 is 10.8 Å². The van der Waals surface area contributed by atoms with Gasteiger partial charge in [-0.2, -0.15) is 0 Å². The largest absolute Gasteiger partial charge is 0.350 e. The fourth-order valence-corrected chi connectivity index (χ4v) is 3.32. The molecule has 0 atom stereocenters. The first kappa shape index (κ1) is 22.9. The van der Waals surface area contributed by atoms with Crippen LogP contribution >= 0.6 is 0 Å². The maximum Gasteiger partial charge on any atom is 0.274 e. The number of nitrogens with zero attached hydrogens (tertiary/aromatic N) is 2. The molecule has 3 aromatic rings. The van der Waals surface area contributed by atoms with E-state index in [9.17, 15) is 14.4 Å². The Morgan fingerprint density at radius 2 is 1.69 bits per heavy atom. The second-order valence-corrected chi connectivity index (χ2v) is 8.48. The number of aromatic nitrogens is 1. The minimum Gasteiger partial charge on any atom is -0.350 e. The number of hydrogen-bond acceptors (Lipinski definition) is 5. The van der Waals surface area contributed by atoms with Crippen molar-refractivity contribution in [2.75, 3.05) is 6.54 Å². The fourth-order valence-electron chi connectivity index (χ4n) is 3.32. The van der Waals surface area contributed by atoms with Gasteiger partial charge < -0.3 is 10.2 Å². The molecule has 0 spiro atoms. The molecule has 1 heterocycles. The second kappa shape index (κ2) is 9.57. The van der Waals surface area contributed by atoms with Crippen LogP contribution in [0.25, 0.3) is 10.8 Å². The number of carbonyl (C=O) groups is 3. The summed E-state index contributed by atoms with van der Waals surface area (Å²) in [6.45, 7) is 5.60. The number of amides is 3. The highest BCUT2D eigenvalue weighted by Crippen LogP contribution is 2.19. The van der Waals surface area contributed by atoms with Crippen molar-refractivity contribution in [2.24, 2.45) is 0 Å². The zero-order valence-corrected chi connectivity index (χ0v) is 18.3. The molecule has 3 N–H and O–H groups in total. The van der Waals surface area contributed by atoms with Crippen molar-refractivity contribution in [3.05, 3.63) is 77.6 Å². The molecule has 0 aliphatic rings. The Kier molecular flexibility index (Phi) is 6.85. The molecule has 2 aromatic carbocycles. The lowest BCUT2D eigenvalue weighted by Crippen LogP contribution is -2.47. The summed E-state index contributed by atoms with van der Waals surface area (Å²) < 4.78 is 0. The first-order valence-electron chi connectivity index (χ1n) is 10.2. The summed E-state index contributed by atoms with van der Waals surface area (Å²) in [5, 5.41) is 13.2. The minimum absolute atomic E-state index is 0.141. The molecule has 166 valence electrons. The summed E-state index contributed by atoms with van der Waals surface area (Å²) in [6.07, 6.45) is 1.57. The van der Waals surface area contributed by atoms with Gasteiger partial charge in [-0.15, -0.1) is 0 Å². The van der Waals surface area contributed by atoms with Crippen molar-refractivity contribution in [3.63, 3.8) is 0 Å². The van der Waals surface area contributed by atoms with Crippen LogP contribution in [0.15, 0.2) is 60.8 Å². The molecule has 3 rings (SSSR count). The van der Waals surface area contributed by atoms with E-state index in [2.05, 4.69) is 10.3 Å². The number of hydrogen-bond donors (Lipinski definition) is 3. The number of benzene rings is 2. The lowest BCUT2D eigenvalue weighted by molar-refractivity contribution is -0.123. The Morgan fingerprint density at radius 1 is 1.00 bits per heavy atom. The number of nitrogens with one attached hydrogen (secondary N) is 2. The van der Waals surface area contributed by atoms with E-state index in [0.717, 1.165) is 10.9 Å². The Bertz CT molecular complexity index is 1130. The van der Waals surface area contributed by atoms with Crippen molar-refractivity contribution >= 4 is 28.5 Å². The van der Waals surface area contributed by atoms with Gasteiger partial charge in [-0.1, -0.05) is 36.4 Å². The molecule has 0 bridgehead atoms. The Balaban J connectivity index is 1.92. The molecule has 0 radical (unpaired) electrons. The molecule has 1 aromatic heterocycles. The predicted octanol–water partition coefficient (Wildman–Crippen LogP) is 2.91. The van der Waals surface area contributed by atoms with Crippen molar-refractivity contribution in [1.29, 1.82) is 0 Å². The summed E-state index contributed by atoms with van der Waals surface area (Å²) >= 11 is 0. The van der Waals surface area contributed by atoms with Crippen molar-refractivity contribution < 1.29 is 19.6 Å². The van der Waals surface area contributed by atoms with Crippen LogP contribution in [0.3, 0.4) is 0 Å². The van der Waals surface area contributed by atoms with E-state index in [-0.39, 0.29) is 36.2 Å². The molecular weight excluding hydrogens is 408 g/mol. The first-order valence-corrected chi connectivity index (χ1v) is 10.2.